The lowest BCUT2D eigenvalue weighted by Gasteiger charge is -2.07. The first kappa shape index (κ1) is 19.1. The number of nitrogens with one attached hydrogen (secondary N) is 2. The Morgan fingerprint density at radius 3 is 2.08 bits per heavy atom. The Balaban J connectivity index is 2.08. The minimum atomic E-state index is -3.98. The fourth-order valence-corrected chi connectivity index (χ4v) is 2.85. The van der Waals surface area contributed by atoms with E-state index >= 15 is 0 Å². The van der Waals surface area contributed by atoms with Crippen LogP contribution < -0.4 is 15.2 Å². The van der Waals surface area contributed by atoms with Crippen molar-refractivity contribution >= 4 is 27.8 Å². The highest BCUT2D eigenvalue weighted by atomic mass is 32.2. The molecule has 136 valence electrons. The molecule has 0 radical (unpaired) electrons. The zero-order chi connectivity index (χ0) is 19.3. The number of benzene rings is 2. The van der Waals surface area contributed by atoms with Crippen molar-refractivity contribution < 1.29 is 27.9 Å². The molecular formula is C16H15N3O6S. The molecule has 2 rings (SSSR count). The van der Waals surface area contributed by atoms with Crippen LogP contribution in [0.1, 0.15) is 15.9 Å². The summed E-state index contributed by atoms with van der Waals surface area (Å²) in [5, 5.41) is 15.8. The summed E-state index contributed by atoms with van der Waals surface area (Å²) < 4.78 is 30.8. The molecule has 5 N–H and O–H groups in total. The van der Waals surface area contributed by atoms with E-state index in [0.29, 0.717) is 5.56 Å². The first-order valence-electron chi connectivity index (χ1n) is 7.17. The number of sulfonamides is 1. The number of nitrogens with two attached hydrogens (primary N) is 1. The van der Waals surface area contributed by atoms with Crippen molar-refractivity contribution in [2.24, 2.45) is 5.73 Å². The third-order valence-electron chi connectivity index (χ3n) is 3.19. The monoisotopic (exact) mass is 377 g/mol. The van der Waals surface area contributed by atoms with Gasteiger partial charge in [-0.1, -0.05) is 0 Å². The van der Waals surface area contributed by atoms with Crippen molar-refractivity contribution in [3.63, 3.8) is 0 Å². The van der Waals surface area contributed by atoms with Gasteiger partial charge in [-0.25, -0.2) is 13.2 Å². The third-order valence-corrected chi connectivity index (χ3v) is 4.61. The largest absolute Gasteiger partial charge is 0.480 e. The molecule has 0 aromatic heterocycles. The number of esters is 1. The van der Waals surface area contributed by atoms with E-state index in [2.05, 4.69) is 0 Å². The zero-order valence-electron chi connectivity index (χ0n) is 13.3. The minimum absolute atomic E-state index is 0.109. The normalized spacial score (nSPS) is 10.9. The lowest BCUT2D eigenvalue weighted by molar-refractivity contribution is -0.135. The van der Waals surface area contributed by atoms with E-state index in [4.69, 9.17) is 21.0 Å². The van der Waals surface area contributed by atoms with Crippen LogP contribution >= 0.6 is 0 Å². The molecule has 26 heavy (non-hydrogen) atoms. The van der Waals surface area contributed by atoms with Crippen LogP contribution in [0.5, 0.6) is 5.75 Å². The number of aliphatic carboxylic acids is 1. The van der Waals surface area contributed by atoms with Crippen molar-refractivity contribution in [2.45, 2.75) is 4.90 Å². The van der Waals surface area contributed by atoms with Gasteiger partial charge in [-0.2, -0.15) is 4.72 Å². The van der Waals surface area contributed by atoms with Gasteiger partial charge < -0.3 is 15.6 Å². The molecule has 0 saturated carbocycles. The summed E-state index contributed by atoms with van der Waals surface area (Å²) in [5.41, 5.74) is 5.92. The fraction of sp³-hybridized carbons (Fsp3) is 0.0625. The Labute approximate surface area is 149 Å². The second-order valence-corrected chi connectivity index (χ2v) is 6.84. The average Bonchev–Trinajstić information content (AvgIpc) is 2.60. The highest BCUT2D eigenvalue weighted by Crippen LogP contribution is 2.16. The van der Waals surface area contributed by atoms with E-state index < -0.39 is 28.5 Å². The Bertz CT molecular complexity index is 937. The summed E-state index contributed by atoms with van der Waals surface area (Å²) in [5.74, 6) is -1.90. The predicted octanol–water partition coefficient (Wildman–Crippen LogP) is 0.553. The molecule has 0 unspecified atom stereocenters. The highest BCUT2D eigenvalue weighted by Gasteiger charge is 2.16. The molecule has 0 bridgehead atoms. The number of carbonyl (C=O) groups is 2. The Morgan fingerprint density at radius 1 is 1.04 bits per heavy atom. The van der Waals surface area contributed by atoms with Gasteiger partial charge in [0, 0.05) is 5.56 Å². The van der Waals surface area contributed by atoms with Crippen LogP contribution in [0, 0.1) is 5.41 Å². The van der Waals surface area contributed by atoms with Gasteiger partial charge in [-0.3, -0.25) is 10.2 Å². The lowest BCUT2D eigenvalue weighted by Crippen LogP contribution is -2.29. The number of rotatable bonds is 7. The molecule has 9 nitrogen and oxygen atoms in total. The van der Waals surface area contributed by atoms with Gasteiger partial charge in [0.25, 0.3) is 0 Å². The van der Waals surface area contributed by atoms with Crippen molar-refractivity contribution in [1.82, 2.24) is 4.72 Å². The lowest BCUT2D eigenvalue weighted by atomic mass is 10.2. The van der Waals surface area contributed by atoms with Gasteiger partial charge in [-0.15, -0.1) is 0 Å². The summed E-state index contributed by atoms with van der Waals surface area (Å²) in [4.78, 5) is 22.3. The fourth-order valence-electron chi connectivity index (χ4n) is 1.88. The Kier molecular flexibility index (Phi) is 5.70. The molecule has 0 atom stereocenters. The molecule has 0 fully saturated rings. The number of hydrogen-bond donors (Lipinski definition) is 4. The number of carboxylic acid groups (broad SMARTS) is 1. The third kappa shape index (κ3) is 4.88. The topological polar surface area (TPSA) is 160 Å². The van der Waals surface area contributed by atoms with Gasteiger partial charge >= 0.3 is 11.9 Å². The molecule has 2 aromatic carbocycles. The number of carboxylic acids is 1. The van der Waals surface area contributed by atoms with Gasteiger partial charge in [-0.05, 0) is 48.5 Å². The summed E-state index contributed by atoms with van der Waals surface area (Å²) in [6, 6.07) is 10.8. The van der Waals surface area contributed by atoms with E-state index in [-0.39, 0.29) is 22.0 Å². The maximum Gasteiger partial charge on any atom is 0.343 e. The maximum atomic E-state index is 12.1. The molecule has 0 saturated heterocycles. The number of hydrogen-bond acceptors (Lipinski definition) is 6. The minimum Gasteiger partial charge on any atom is -0.480 e. The van der Waals surface area contributed by atoms with Crippen molar-refractivity contribution in [1.29, 1.82) is 5.41 Å². The molecule has 0 aliphatic carbocycles. The van der Waals surface area contributed by atoms with Crippen LogP contribution in [0.3, 0.4) is 0 Å². The van der Waals surface area contributed by atoms with Crippen LogP contribution in [0.15, 0.2) is 53.4 Å². The quantitative estimate of drug-likeness (QED) is 0.237. The van der Waals surface area contributed by atoms with Crippen LogP contribution in [-0.4, -0.2) is 37.8 Å². The smallest absolute Gasteiger partial charge is 0.343 e. The second kappa shape index (κ2) is 7.76. The van der Waals surface area contributed by atoms with E-state index in [1.807, 2.05) is 4.72 Å². The average molecular weight is 377 g/mol. The van der Waals surface area contributed by atoms with Crippen molar-refractivity contribution in [3.05, 3.63) is 59.7 Å². The molecule has 0 heterocycles. The number of carbonyl (C=O) groups excluding carboxylic acids is 1. The van der Waals surface area contributed by atoms with Crippen molar-refractivity contribution in [3.8, 4) is 5.75 Å². The predicted molar refractivity (Wildman–Crippen MR) is 91.7 cm³/mol. The maximum absolute atomic E-state index is 12.1. The number of nitrogen functional groups attached to an aromatic ring is 1. The van der Waals surface area contributed by atoms with Gasteiger partial charge in [0.05, 0.1) is 10.5 Å². The standard InChI is InChI=1S/C16H15N3O6S/c17-15(18)10-1-5-12(6-2-10)25-16(22)11-3-7-13(8-4-11)26(23,24)19-9-14(20)21/h1-8,19H,9H2,(H3,17,18)(H,20,21). The van der Waals surface area contributed by atoms with E-state index in [9.17, 15) is 18.0 Å². The number of ether oxygens (including phenoxy) is 1. The van der Waals surface area contributed by atoms with E-state index in [1.165, 1.54) is 48.5 Å². The zero-order valence-corrected chi connectivity index (χ0v) is 14.1. The Hall–Kier alpha value is -3.24. The van der Waals surface area contributed by atoms with Gasteiger partial charge in [0.15, 0.2) is 0 Å². The molecule has 10 heteroatoms. The van der Waals surface area contributed by atoms with Gasteiger partial charge in [0.1, 0.15) is 18.1 Å². The SMILES string of the molecule is N=C(N)c1ccc(OC(=O)c2ccc(S(=O)(=O)NCC(=O)O)cc2)cc1. The molecular weight excluding hydrogens is 362 g/mol. The molecule has 0 aliphatic rings. The van der Waals surface area contributed by atoms with Gasteiger partial charge in [0.2, 0.25) is 10.0 Å². The highest BCUT2D eigenvalue weighted by molar-refractivity contribution is 7.89. The van der Waals surface area contributed by atoms with Crippen LogP contribution in [0.25, 0.3) is 0 Å². The summed E-state index contributed by atoms with van der Waals surface area (Å²) >= 11 is 0. The first-order valence-corrected chi connectivity index (χ1v) is 8.65. The molecule has 0 amide bonds. The summed E-state index contributed by atoms with van der Waals surface area (Å²) in [6.45, 7) is -0.748. The van der Waals surface area contributed by atoms with E-state index in [0.717, 1.165) is 0 Å². The summed E-state index contributed by atoms with van der Waals surface area (Å²) in [6.07, 6.45) is 0. The van der Waals surface area contributed by atoms with Crippen LogP contribution in [0.4, 0.5) is 0 Å². The van der Waals surface area contributed by atoms with Crippen LogP contribution in [-0.2, 0) is 14.8 Å². The molecule has 2 aromatic rings. The van der Waals surface area contributed by atoms with Crippen molar-refractivity contribution in [2.75, 3.05) is 6.54 Å². The second-order valence-electron chi connectivity index (χ2n) is 5.07. The van der Waals surface area contributed by atoms with E-state index in [1.54, 1.807) is 0 Å². The van der Waals surface area contributed by atoms with Crippen LogP contribution in [0.2, 0.25) is 0 Å². The number of amidine groups is 1. The first-order chi connectivity index (χ1) is 12.2. The molecule has 0 aliphatic heterocycles. The summed E-state index contributed by atoms with van der Waals surface area (Å²) in [7, 11) is -3.98. The Morgan fingerprint density at radius 2 is 1.58 bits per heavy atom. The molecule has 0 spiro atoms.